The summed E-state index contributed by atoms with van der Waals surface area (Å²) in [5.41, 5.74) is -0.585. The first-order valence-electron chi connectivity index (χ1n) is 6.89. The van der Waals surface area contributed by atoms with Crippen molar-refractivity contribution in [3.8, 4) is 6.07 Å². The Balaban J connectivity index is 0.00000172. The molecule has 0 aromatic rings. The summed E-state index contributed by atoms with van der Waals surface area (Å²) in [4.78, 5) is 38.6. The molecule has 6 heteroatoms. The quantitative estimate of drug-likeness (QED) is 0.722. The molecule has 1 heterocycles. The van der Waals surface area contributed by atoms with Gasteiger partial charge in [0.1, 0.15) is 0 Å². The van der Waals surface area contributed by atoms with Gasteiger partial charge in [0.25, 0.3) is 11.8 Å². The average Bonchev–Trinajstić information content (AvgIpc) is 2.78. The maximum Gasteiger partial charge on any atom is 0.333 e. The van der Waals surface area contributed by atoms with Crippen molar-refractivity contribution in [2.75, 3.05) is 0 Å². The SMILES string of the molecule is CC.CCC(C)(C#N)CCC(=O)ON1C(=O)CCC1=O. The zero-order valence-corrected chi connectivity index (χ0v) is 12.6. The summed E-state index contributed by atoms with van der Waals surface area (Å²) in [7, 11) is 0. The number of carbonyl (C=O) groups excluding carboxylic acids is 3. The van der Waals surface area contributed by atoms with Crippen LogP contribution < -0.4 is 0 Å². The first-order chi connectivity index (χ1) is 9.41. The van der Waals surface area contributed by atoms with Gasteiger partial charge in [-0.3, -0.25) is 9.59 Å². The van der Waals surface area contributed by atoms with E-state index in [0.717, 1.165) is 0 Å². The van der Waals surface area contributed by atoms with E-state index in [1.54, 1.807) is 6.92 Å². The molecule has 0 aliphatic carbocycles. The van der Waals surface area contributed by atoms with Crippen LogP contribution in [-0.2, 0) is 19.2 Å². The number of imide groups is 1. The summed E-state index contributed by atoms with van der Waals surface area (Å²) < 4.78 is 0. The highest BCUT2D eigenvalue weighted by Crippen LogP contribution is 2.26. The molecule has 6 nitrogen and oxygen atoms in total. The molecule has 0 aromatic heterocycles. The first-order valence-corrected chi connectivity index (χ1v) is 6.89. The Labute approximate surface area is 119 Å². The number of hydroxylamine groups is 2. The Morgan fingerprint density at radius 2 is 1.85 bits per heavy atom. The Morgan fingerprint density at radius 1 is 1.35 bits per heavy atom. The lowest BCUT2D eigenvalue weighted by atomic mass is 9.84. The molecule has 0 spiro atoms. The van der Waals surface area contributed by atoms with Gasteiger partial charge in [0.05, 0.1) is 11.5 Å². The molecule has 2 amide bonds. The van der Waals surface area contributed by atoms with Crippen LogP contribution in [0.15, 0.2) is 0 Å². The fourth-order valence-electron chi connectivity index (χ4n) is 1.50. The van der Waals surface area contributed by atoms with E-state index in [1.165, 1.54) is 0 Å². The highest BCUT2D eigenvalue weighted by Gasteiger charge is 2.33. The monoisotopic (exact) mass is 282 g/mol. The molecule has 0 radical (unpaired) electrons. The van der Waals surface area contributed by atoms with E-state index in [4.69, 9.17) is 10.1 Å². The smallest absolute Gasteiger partial charge is 0.330 e. The van der Waals surface area contributed by atoms with Gasteiger partial charge in [-0.2, -0.15) is 5.26 Å². The van der Waals surface area contributed by atoms with E-state index in [-0.39, 0.29) is 19.3 Å². The third-order valence-electron chi connectivity index (χ3n) is 3.13. The molecule has 1 fully saturated rings. The number of nitriles is 1. The second-order valence-electron chi connectivity index (χ2n) is 4.57. The third kappa shape index (κ3) is 5.00. The topological polar surface area (TPSA) is 87.5 Å². The van der Waals surface area contributed by atoms with Crippen molar-refractivity contribution in [1.82, 2.24) is 5.06 Å². The Hall–Kier alpha value is -1.90. The van der Waals surface area contributed by atoms with Crippen molar-refractivity contribution in [3.05, 3.63) is 0 Å². The largest absolute Gasteiger partial charge is 0.333 e. The van der Waals surface area contributed by atoms with Gasteiger partial charge in [-0.25, -0.2) is 4.79 Å². The Bertz CT molecular complexity index is 398. The minimum Gasteiger partial charge on any atom is -0.330 e. The summed E-state index contributed by atoms with van der Waals surface area (Å²) in [6.07, 6.45) is 1.14. The van der Waals surface area contributed by atoms with Crippen LogP contribution in [0.1, 0.15) is 59.8 Å². The summed E-state index contributed by atoms with van der Waals surface area (Å²) in [5.74, 6) is -1.65. The second-order valence-corrected chi connectivity index (χ2v) is 4.57. The van der Waals surface area contributed by atoms with Crippen molar-refractivity contribution in [2.24, 2.45) is 5.41 Å². The van der Waals surface area contributed by atoms with Crippen molar-refractivity contribution >= 4 is 17.8 Å². The predicted molar refractivity (Wildman–Crippen MR) is 71.8 cm³/mol. The summed E-state index contributed by atoms with van der Waals surface area (Å²) in [6.45, 7) is 7.62. The predicted octanol–water partition coefficient (Wildman–Crippen LogP) is 2.34. The van der Waals surface area contributed by atoms with E-state index in [9.17, 15) is 14.4 Å². The lowest BCUT2D eigenvalue weighted by Gasteiger charge is -2.19. The molecule has 1 rings (SSSR count). The number of nitrogens with zero attached hydrogens (tertiary/aromatic N) is 2. The first kappa shape index (κ1) is 18.1. The Kier molecular flexibility index (Phi) is 7.52. The van der Waals surface area contributed by atoms with Gasteiger partial charge in [-0.15, -0.1) is 5.06 Å². The van der Waals surface area contributed by atoms with Crippen LogP contribution in [0.2, 0.25) is 0 Å². The van der Waals surface area contributed by atoms with Crippen LogP contribution >= 0.6 is 0 Å². The Morgan fingerprint density at radius 3 is 2.25 bits per heavy atom. The molecule has 20 heavy (non-hydrogen) atoms. The molecule has 0 N–H and O–H groups in total. The molecule has 1 aliphatic heterocycles. The van der Waals surface area contributed by atoms with Crippen LogP contribution in [0.4, 0.5) is 0 Å². The molecule has 1 aliphatic rings. The number of hydrogen-bond donors (Lipinski definition) is 0. The molecule has 1 saturated heterocycles. The minimum absolute atomic E-state index is 0.00889. The van der Waals surface area contributed by atoms with Crippen LogP contribution in [0.3, 0.4) is 0 Å². The van der Waals surface area contributed by atoms with E-state index >= 15 is 0 Å². The molecule has 0 aromatic carbocycles. The second kappa shape index (κ2) is 8.31. The fraction of sp³-hybridized carbons (Fsp3) is 0.714. The summed E-state index contributed by atoms with van der Waals surface area (Å²) in [6, 6.07) is 2.14. The molecule has 1 atom stereocenters. The average molecular weight is 282 g/mol. The van der Waals surface area contributed by atoms with Gasteiger partial charge >= 0.3 is 5.97 Å². The van der Waals surface area contributed by atoms with E-state index in [0.29, 0.717) is 17.9 Å². The van der Waals surface area contributed by atoms with Crippen molar-refractivity contribution in [1.29, 1.82) is 5.26 Å². The molecular formula is C14H22N2O4. The number of rotatable bonds is 5. The van der Waals surface area contributed by atoms with Crippen molar-refractivity contribution in [2.45, 2.75) is 59.8 Å². The molecule has 1 unspecified atom stereocenters. The van der Waals surface area contributed by atoms with Gasteiger partial charge in [0.2, 0.25) is 0 Å². The van der Waals surface area contributed by atoms with Gasteiger partial charge in [-0.05, 0) is 19.8 Å². The van der Waals surface area contributed by atoms with Gasteiger partial charge in [-0.1, -0.05) is 20.8 Å². The highest BCUT2D eigenvalue weighted by molar-refractivity contribution is 6.01. The van der Waals surface area contributed by atoms with E-state index < -0.39 is 23.2 Å². The highest BCUT2D eigenvalue weighted by atomic mass is 16.7. The van der Waals surface area contributed by atoms with Crippen LogP contribution in [-0.4, -0.2) is 22.8 Å². The molecule has 0 saturated carbocycles. The fourth-order valence-corrected chi connectivity index (χ4v) is 1.50. The van der Waals surface area contributed by atoms with E-state index in [1.807, 2.05) is 20.8 Å². The summed E-state index contributed by atoms with van der Waals surface area (Å²) in [5, 5.41) is 9.47. The standard InChI is InChI=1S/C12H16N2O4.C2H6/c1-3-12(2,8-13)7-6-11(17)18-14-9(15)4-5-10(14)16;1-2/h3-7H2,1-2H3;1-2H3. The van der Waals surface area contributed by atoms with E-state index in [2.05, 4.69) is 6.07 Å². The maximum absolute atomic E-state index is 11.5. The molecular weight excluding hydrogens is 260 g/mol. The third-order valence-corrected chi connectivity index (χ3v) is 3.13. The van der Waals surface area contributed by atoms with Gasteiger partial charge < -0.3 is 4.84 Å². The number of hydrogen-bond acceptors (Lipinski definition) is 5. The zero-order valence-electron chi connectivity index (χ0n) is 12.6. The van der Waals surface area contributed by atoms with Crippen LogP contribution in [0.5, 0.6) is 0 Å². The van der Waals surface area contributed by atoms with Gasteiger partial charge in [0, 0.05) is 19.3 Å². The maximum atomic E-state index is 11.5. The number of carbonyl (C=O) groups is 3. The van der Waals surface area contributed by atoms with Crippen LogP contribution in [0.25, 0.3) is 0 Å². The van der Waals surface area contributed by atoms with Gasteiger partial charge in [0.15, 0.2) is 0 Å². The van der Waals surface area contributed by atoms with Crippen molar-refractivity contribution < 1.29 is 19.2 Å². The lowest BCUT2D eigenvalue weighted by molar-refractivity contribution is -0.197. The normalized spacial score (nSPS) is 16.9. The summed E-state index contributed by atoms with van der Waals surface area (Å²) >= 11 is 0. The van der Waals surface area contributed by atoms with Crippen molar-refractivity contribution in [3.63, 3.8) is 0 Å². The minimum atomic E-state index is -0.659. The zero-order chi connectivity index (χ0) is 15.8. The lowest BCUT2D eigenvalue weighted by Crippen LogP contribution is -2.32. The number of amides is 2. The van der Waals surface area contributed by atoms with Crippen LogP contribution in [0, 0.1) is 16.7 Å². The molecule has 112 valence electrons. The molecule has 0 bridgehead atoms.